The topological polar surface area (TPSA) is 24.5 Å². The molecule has 0 amide bonds. The maximum atomic E-state index is 5.16. The van der Waals surface area contributed by atoms with Crippen LogP contribution in [-0.2, 0) is 4.74 Å². The molecule has 16 heavy (non-hydrogen) atoms. The van der Waals surface area contributed by atoms with Crippen LogP contribution in [0.1, 0.15) is 39.0 Å². The molecule has 0 spiro atoms. The van der Waals surface area contributed by atoms with Gasteiger partial charge in [0.1, 0.15) is 0 Å². The van der Waals surface area contributed by atoms with Crippen LogP contribution >= 0.6 is 0 Å². The zero-order valence-electron chi connectivity index (χ0n) is 11.2. The number of methoxy groups -OCH3 is 1. The molecule has 1 aliphatic carbocycles. The molecule has 0 bridgehead atoms. The van der Waals surface area contributed by atoms with E-state index in [0.717, 1.165) is 25.7 Å². The quantitative estimate of drug-likeness (QED) is 0.642. The molecule has 1 saturated carbocycles. The maximum Gasteiger partial charge on any atom is 0.0615 e. The molecule has 0 aromatic carbocycles. The largest absolute Gasteiger partial charge is 0.383 e. The van der Waals surface area contributed by atoms with Crippen molar-refractivity contribution in [3.63, 3.8) is 0 Å². The fourth-order valence-electron chi connectivity index (χ4n) is 2.35. The Kier molecular flexibility index (Phi) is 7.01. The minimum atomic E-state index is 0.525. The van der Waals surface area contributed by atoms with Gasteiger partial charge in [-0.2, -0.15) is 0 Å². The smallest absolute Gasteiger partial charge is 0.0615 e. The molecule has 0 aromatic rings. The normalized spacial score (nSPS) is 19.5. The zero-order valence-corrected chi connectivity index (χ0v) is 11.2. The van der Waals surface area contributed by atoms with Gasteiger partial charge in [0.25, 0.3) is 0 Å². The van der Waals surface area contributed by atoms with Gasteiger partial charge in [0.2, 0.25) is 0 Å². The van der Waals surface area contributed by atoms with Gasteiger partial charge in [0.05, 0.1) is 6.61 Å². The Morgan fingerprint density at radius 1 is 1.38 bits per heavy atom. The van der Waals surface area contributed by atoms with Gasteiger partial charge in [0.15, 0.2) is 0 Å². The first kappa shape index (κ1) is 13.9. The summed E-state index contributed by atoms with van der Waals surface area (Å²) in [4.78, 5) is 2.37. The molecule has 0 radical (unpaired) electrons. The van der Waals surface area contributed by atoms with Crippen molar-refractivity contribution in [3.05, 3.63) is 0 Å². The van der Waals surface area contributed by atoms with Crippen LogP contribution in [0.4, 0.5) is 0 Å². The van der Waals surface area contributed by atoms with Crippen molar-refractivity contribution in [2.24, 2.45) is 0 Å². The van der Waals surface area contributed by atoms with Crippen LogP contribution in [0.5, 0.6) is 0 Å². The van der Waals surface area contributed by atoms with Gasteiger partial charge in [-0.25, -0.2) is 0 Å². The van der Waals surface area contributed by atoms with E-state index in [2.05, 4.69) is 24.2 Å². The van der Waals surface area contributed by atoms with Gasteiger partial charge in [-0.05, 0) is 46.3 Å². The average molecular weight is 228 g/mol. The number of hydrogen-bond donors (Lipinski definition) is 1. The summed E-state index contributed by atoms with van der Waals surface area (Å²) < 4.78 is 5.16. The van der Waals surface area contributed by atoms with Crippen LogP contribution in [0.3, 0.4) is 0 Å². The molecule has 1 aliphatic rings. The Bertz CT molecular complexity index is 169. The molecular formula is C13H28N2O. The van der Waals surface area contributed by atoms with Gasteiger partial charge in [-0.1, -0.05) is 12.8 Å². The van der Waals surface area contributed by atoms with Crippen LogP contribution in [-0.4, -0.2) is 50.8 Å². The molecule has 1 fully saturated rings. The Hall–Kier alpha value is -0.120. The van der Waals surface area contributed by atoms with E-state index in [-0.39, 0.29) is 0 Å². The van der Waals surface area contributed by atoms with E-state index in [1.54, 1.807) is 7.11 Å². The van der Waals surface area contributed by atoms with Crippen molar-refractivity contribution in [2.45, 2.75) is 51.1 Å². The molecule has 96 valence electrons. The Labute approximate surface area is 101 Å². The lowest BCUT2D eigenvalue weighted by Gasteiger charge is -2.24. The lowest BCUT2D eigenvalue weighted by Crippen LogP contribution is -2.35. The predicted octanol–water partition coefficient (Wildman–Crippen LogP) is 1.88. The van der Waals surface area contributed by atoms with Crippen LogP contribution in [0.2, 0.25) is 0 Å². The molecule has 1 rings (SSSR count). The highest BCUT2D eigenvalue weighted by Crippen LogP contribution is 2.17. The van der Waals surface area contributed by atoms with Gasteiger partial charge in [-0.3, -0.25) is 0 Å². The zero-order chi connectivity index (χ0) is 11.8. The van der Waals surface area contributed by atoms with Crippen molar-refractivity contribution in [2.75, 3.05) is 33.9 Å². The van der Waals surface area contributed by atoms with Gasteiger partial charge in [-0.15, -0.1) is 0 Å². The van der Waals surface area contributed by atoms with Gasteiger partial charge < -0.3 is 15.0 Å². The van der Waals surface area contributed by atoms with E-state index < -0.39 is 0 Å². The van der Waals surface area contributed by atoms with E-state index in [1.165, 1.54) is 32.1 Å². The first-order valence-electron chi connectivity index (χ1n) is 6.66. The summed E-state index contributed by atoms with van der Waals surface area (Å²) in [6, 6.07) is 1.33. The Morgan fingerprint density at radius 2 is 2.06 bits per heavy atom. The van der Waals surface area contributed by atoms with Gasteiger partial charge >= 0.3 is 0 Å². The Morgan fingerprint density at radius 3 is 2.69 bits per heavy atom. The van der Waals surface area contributed by atoms with E-state index in [1.807, 2.05) is 0 Å². The minimum Gasteiger partial charge on any atom is -0.383 e. The fraction of sp³-hybridized carbons (Fsp3) is 1.00. The van der Waals surface area contributed by atoms with E-state index in [0.29, 0.717) is 6.04 Å². The summed E-state index contributed by atoms with van der Waals surface area (Å²) in [5, 5.41) is 3.65. The monoisotopic (exact) mass is 228 g/mol. The maximum absolute atomic E-state index is 5.16. The summed E-state index contributed by atoms with van der Waals surface area (Å²) in [6.07, 6.45) is 6.85. The van der Waals surface area contributed by atoms with Crippen molar-refractivity contribution in [3.8, 4) is 0 Å². The molecule has 1 unspecified atom stereocenters. The number of nitrogens with zero attached hydrogens (tertiary/aromatic N) is 1. The second-order valence-corrected chi connectivity index (χ2v) is 5.07. The summed E-state index contributed by atoms with van der Waals surface area (Å²) >= 11 is 0. The highest BCUT2D eigenvalue weighted by molar-refractivity contribution is 4.73. The van der Waals surface area contributed by atoms with Crippen LogP contribution in [0.25, 0.3) is 0 Å². The molecule has 1 atom stereocenters. The molecule has 3 heteroatoms. The number of likely N-dealkylation sites (N-methyl/N-ethyl adjacent to an activating group) is 1. The lowest BCUT2D eigenvalue weighted by atomic mass is 10.2. The average Bonchev–Trinajstić information content (AvgIpc) is 2.77. The number of rotatable bonds is 8. The number of hydrogen-bond acceptors (Lipinski definition) is 3. The highest BCUT2D eigenvalue weighted by Gasteiger charge is 2.13. The van der Waals surface area contributed by atoms with E-state index >= 15 is 0 Å². The first-order valence-corrected chi connectivity index (χ1v) is 6.66. The molecule has 1 N–H and O–H groups in total. The van der Waals surface area contributed by atoms with Gasteiger partial charge in [0, 0.05) is 19.2 Å². The third-order valence-electron chi connectivity index (χ3n) is 3.64. The highest BCUT2D eigenvalue weighted by atomic mass is 16.5. The molecule has 0 heterocycles. The van der Waals surface area contributed by atoms with E-state index in [4.69, 9.17) is 4.74 Å². The summed E-state index contributed by atoms with van der Waals surface area (Å²) in [5.41, 5.74) is 0. The minimum absolute atomic E-state index is 0.525. The second-order valence-electron chi connectivity index (χ2n) is 5.07. The summed E-state index contributed by atoms with van der Waals surface area (Å²) in [5.74, 6) is 0. The van der Waals surface area contributed by atoms with Crippen LogP contribution < -0.4 is 5.32 Å². The SMILES string of the molecule is COCC(C)N(C)CCCNC1CCCC1. The third-order valence-corrected chi connectivity index (χ3v) is 3.64. The predicted molar refractivity (Wildman–Crippen MR) is 68.8 cm³/mol. The number of nitrogens with one attached hydrogen (secondary N) is 1. The Balaban J connectivity index is 1.97. The first-order chi connectivity index (χ1) is 7.74. The standard InChI is InChI=1S/C13H28N2O/c1-12(11-16-3)15(2)10-6-9-14-13-7-4-5-8-13/h12-14H,4-11H2,1-3H3. The van der Waals surface area contributed by atoms with Crippen molar-refractivity contribution >= 4 is 0 Å². The third kappa shape index (κ3) is 5.28. The summed E-state index contributed by atoms with van der Waals surface area (Å²) in [6.45, 7) is 5.36. The molecular weight excluding hydrogens is 200 g/mol. The lowest BCUT2D eigenvalue weighted by molar-refractivity contribution is 0.115. The number of ether oxygens (including phenoxy) is 1. The van der Waals surface area contributed by atoms with Crippen molar-refractivity contribution < 1.29 is 4.74 Å². The molecule has 0 aromatic heterocycles. The molecule has 0 saturated heterocycles. The summed E-state index contributed by atoms with van der Waals surface area (Å²) in [7, 11) is 3.95. The van der Waals surface area contributed by atoms with Crippen LogP contribution in [0, 0.1) is 0 Å². The molecule has 0 aliphatic heterocycles. The van der Waals surface area contributed by atoms with Crippen LogP contribution in [0.15, 0.2) is 0 Å². The van der Waals surface area contributed by atoms with Crippen molar-refractivity contribution in [1.82, 2.24) is 10.2 Å². The second kappa shape index (κ2) is 8.04. The fourth-order valence-corrected chi connectivity index (χ4v) is 2.35. The van der Waals surface area contributed by atoms with Crippen molar-refractivity contribution in [1.29, 1.82) is 0 Å². The molecule has 3 nitrogen and oxygen atoms in total. The van der Waals surface area contributed by atoms with E-state index in [9.17, 15) is 0 Å².